The molecule has 0 saturated heterocycles. The van der Waals surface area contributed by atoms with Crippen molar-refractivity contribution < 1.29 is 14.3 Å². The average molecular weight is 803 g/mol. The summed E-state index contributed by atoms with van der Waals surface area (Å²) in [5, 5.41) is 0. The van der Waals surface area contributed by atoms with Crippen LogP contribution in [0.1, 0.15) is 335 Å². The first-order valence-electron chi connectivity index (χ1n) is 26.9. The highest BCUT2D eigenvalue weighted by Crippen LogP contribution is 2.18. The van der Waals surface area contributed by atoms with Gasteiger partial charge in [0.25, 0.3) is 0 Å². The molecule has 0 aromatic heterocycles. The first-order chi connectivity index (χ1) is 28.2. The third-order valence-electron chi connectivity index (χ3n) is 12.7. The molecular weight excluding hydrogens is 697 g/mol. The Hall–Kier alpha value is -0.860. The molecule has 0 aromatic carbocycles. The van der Waals surface area contributed by atoms with E-state index in [0.29, 0.717) is 12.8 Å². The van der Waals surface area contributed by atoms with Crippen molar-refractivity contribution in [3.8, 4) is 0 Å². The molecule has 0 aliphatic carbocycles. The molecule has 0 aliphatic heterocycles. The zero-order chi connectivity index (χ0) is 41.2. The van der Waals surface area contributed by atoms with Gasteiger partial charge in [-0.15, -0.1) is 0 Å². The van der Waals surface area contributed by atoms with E-state index in [-0.39, 0.29) is 11.9 Å². The zero-order valence-corrected chi connectivity index (χ0v) is 39.6. The van der Waals surface area contributed by atoms with Crippen LogP contribution in [0.2, 0.25) is 0 Å². The number of ether oxygens (including phenoxy) is 1. The lowest BCUT2D eigenvalue weighted by atomic mass is 10.0. The predicted molar refractivity (Wildman–Crippen MR) is 253 cm³/mol. The van der Waals surface area contributed by atoms with Crippen molar-refractivity contribution in [2.75, 3.05) is 0 Å². The fourth-order valence-corrected chi connectivity index (χ4v) is 8.69. The summed E-state index contributed by atoms with van der Waals surface area (Å²) >= 11 is 0. The smallest absolute Gasteiger partial charge is 0.313 e. The summed E-state index contributed by atoms with van der Waals surface area (Å²) in [4.78, 5) is 24.1. The minimum atomic E-state index is -0.319. The largest absolute Gasteiger partial charge is 0.393 e. The molecule has 0 amide bonds. The molecule has 0 aliphatic rings. The van der Waals surface area contributed by atoms with Crippen molar-refractivity contribution in [3.05, 3.63) is 0 Å². The second-order valence-corrected chi connectivity index (χ2v) is 18.6. The van der Waals surface area contributed by atoms with Gasteiger partial charge in [0, 0.05) is 12.8 Å². The Morgan fingerprint density at radius 1 is 0.211 bits per heavy atom. The monoisotopic (exact) mass is 803 g/mol. The van der Waals surface area contributed by atoms with E-state index in [1.807, 2.05) is 0 Å². The van der Waals surface area contributed by atoms with Gasteiger partial charge in [0.1, 0.15) is 0 Å². The predicted octanol–water partition coefficient (Wildman–Crippen LogP) is 19.6. The zero-order valence-electron chi connectivity index (χ0n) is 39.6. The van der Waals surface area contributed by atoms with Gasteiger partial charge in [-0.3, -0.25) is 9.59 Å². The minimum absolute atomic E-state index is 0.318. The number of rotatable bonds is 50. The Bertz CT molecular complexity index is 762. The van der Waals surface area contributed by atoms with Gasteiger partial charge in [-0.2, -0.15) is 0 Å². The summed E-state index contributed by atoms with van der Waals surface area (Å²) in [6.45, 7) is 4.59. The van der Waals surface area contributed by atoms with Crippen LogP contribution in [0.3, 0.4) is 0 Å². The summed E-state index contributed by atoms with van der Waals surface area (Å²) < 4.78 is 5.06. The van der Waals surface area contributed by atoms with Crippen LogP contribution < -0.4 is 0 Å². The summed E-state index contributed by atoms with van der Waals surface area (Å²) in [7, 11) is 0. The lowest BCUT2D eigenvalue weighted by Crippen LogP contribution is -2.11. The normalized spacial score (nSPS) is 11.5. The van der Waals surface area contributed by atoms with Gasteiger partial charge in [0.2, 0.25) is 0 Å². The van der Waals surface area contributed by atoms with Crippen molar-refractivity contribution in [1.82, 2.24) is 0 Å². The van der Waals surface area contributed by atoms with Gasteiger partial charge < -0.3 is 4.74 Å². The van der Waals surface area contributed by atoms with Gasteiger partial charge in [-0.1, -0.05) is 309 Å². The van der Waals surface area contributed by atoms with Crippen molar-refractivity contribution in [2.24, 2.45) is 0 Å². The molecule has 0 bridgehead atoms. The first-order valence-corrected chi connectivity index (χ1v) is 26.9. The Morgan fingerprint density at radius 3 is 0.474 bits per heavy atom. The topological polar surface area (TPSA) is 43.4 Å². The molecule has 0 radical (unpaired) electrons. The van der Waals surface area contributed by atoms with E-state index in [1.165, 1.54) is 283 Å². The Morgan fingerprint density at radius 2 is 0.333 bits per heavy atom. The van der Waals surface area contributed by atoms with Gasteiger partial charge >= 0.3 is 11.9 Å². The van der Waals surface area contributed by atoms with E-state index in [2.05, 4.69) is 13.8 Å². The van der Waals surface area contributed by atoms with Crippen LogP contribution in [0.4, 0.5) is 0 Å². The van der Waals surface area contributed by atoms with E-state index >= 15 is 0 Å². The Balaban J connectivity index is 3.20. The average Bonchev–Trinajstić information content (AvgIpc) is 3.21. The molecule has 0 spiro atoms. The van der Waals surface area contributed by atoms with E-state index in [0.717, 1.165) is 25.7 Å². The van der Waals surface area contributed by atoms with Crippen molar-refractivity contribution >= 4 is 11.9 Å². The van der Waals surface area contributed by atoms with Gasteiger partial charge in [-0.05, 0) is 12.8 Å². The maximum atomic E-state index is 12.0. The summed E-state index contributed by atoms with van der Waals surface area (Å²) in [5.74, 6) is -0.637. The highest BCUT2D eigenvalue weighted by Gasteiger charge is 2.10. The maximum Gasteiger partial charge on any atom is 0.313 e. The number of carbonyl (C=O) groups excluding carboxylic acids is 2. The molecule has 0 N–H and O–H groups in total. The van der Waals surface area contributed by atoms with Crippen LogP contribution >= 0.6 is 0 Å². The molecule has 0 saturated carbocycles. The third-order valence-corrected chi connectivity index (χ3v) is 12.7. The second kappa shape index (κ2) is 51.3. The highest BCUT2D eigenvalue weighted by molar-refractivity contribution is 5.85. The summed E-state index contributed by atoms with van der Waals surface area (Å²) in [6.07, 6.45) is 66.8. The molecule has 3 nitrogen and oxygen atoms in total. The van der Waals surface area contributed by atoms with E-state index < -0.39 is 0 Å². The van der Waals surface area contributed by atoms with Crippen molar-refractivity contribution in [2.45, 2.75) is 335 Å². The second-order valence-electron chi connectivity index (χ2n) is 18.6. The Kier molecular flexibility index (Phi) is 50.5. The molecule has 3 heteroatoms. The van der Waals surface area contributed by atoms with E-state index in [1.54, 1.807) is 0 Å². The Labute approximate surface area is 360 Å². The molecule has 0 aromatic rings. The van der Waals surface area contributed by atoms with Crippen LogP contribution in [0.15, 0.2) is 0 Å². The first kappa shape index (κ1) is 56.1. The van der Waals surface area contributed by atoms with Crippen molar-refractivity contribution in [3.63, 3.8) is 0 Å². The van der Waals surface area contributed by atoms with Crippen LogP contribution in [0.5, 0.6) is 0 Å². The fraction of sp³-hybridized carbons (Fsp3) is 0.963. The maximum absolute atomic E-state index is 12.0. The number of hydrogen-bond acceptors (Lipinski definition) is 3. The quantitative estimate of drug-likeness (QED) is 0.0350. The van der Waals surface area contributed by atoms with Gasteiger partial charge in [0.05, 0.1) is 0 Å². The molecule has 0 atom stereocenters. The SMILES string of the molecule is CCCCCCCCCCCCCCCCCCCCCCCCCCCCCCCCCCCC(=O)OC(=O)CCCCCCCCCCCCCCCCC. The highest BCUT2D eigenvalue weighted by atomic mass is 16.6. The number of unbranched alkanes of at least 4 members (excludes halogenated alkanes) is 46. The molecular formula is C54H106O3. The fourth-order valence-electron chi connectivity index (χ4n) is 8.69. The summed E-state index contributed by atoms with van der Waals surface area (Å²) in [5.41, 5.74) is 0. The molecule has 0 unspecified atom stereocenters. The van der Waals surface area contributed by atoms with Gasteiger partial charge in [0.15, 0.2) is 0 Å². The van der Waals surface area contributed by atoms with E-state index in [4.69, 9.17) is 4.74 Å². The number of esters is 2. The van der Waals surface area contributed by atoms with Crippen molar-refractivity contribution in [1.29, 1.82) is 0 Å². The standard InChI is InChI=1S/C54H106O3/c1-3-5-7-9-11-13-15-17-19-20-21-22-23-24-25-26-27-28-29-30-31-32-33-34-35-36-38-40-42-44-46-48-50-52-54(56)57-53(55)51-49-47-45-43-41-39-37-18-16-14-12-10-8-6-4-2/h3-52H2,1-2H3. The van der Waals surface area contributed by atoms with Crippen LogP contribution in [0.25, 0.3) is 0 Å². The number of hydrogen-bond donors (Lipinski definition) is 0. The van der Waals surface area contributed by atoms with Crippen LogP contribution in [-0.2, 0) is 14.3 Å². The molecule has 340 valence electrons. The molecule has 57 heavy (non-hydrogen) atoms. The summed E-state index contributed by atoms with van der Waals surface area (Å²) in [6, 6.07) is 0. The lowest BCUT2D eigenvalue weighted by molar-refractivity contribution is -0.159. The van der Waals surface area contributed by atoms with E-state index in [9.17, 15) is 9.59 Å². The minimum Gasteiger partial charge on any atom is -0.393 e. The molecule has 0 heterocycles. The number of carbonyl (C=O) groups is 2. The molecule has 0 rings (SSSR count). The van der Waals surface area contributed by atoms with Gasteiger partial charge in [-0.25, -0.2) is 0 Å². The third kappa shape index (κ3) is 51.2. The molecule has 0 fully saturated rings. The van der Waals surface area contributed by atoms with Crippen LogP contribution in [0, 0.1) is 0 Å². The van der Waals surface area contributed by atoms with Crippen LogP contribution in [-0.4, -0.2) is 11.9 Å². The lowest BCUT2D eigenvalue weighted by Gasteiger charge is -2.05.